The van der Waals surface area contributed by atoms with Crippen molar-refractivity contribution < 1.29 is 5.11 Å². The molecule has 0 radical (unpaired) electrons. The highest BCUT2D eigenvalue weighted by atomic mass is 16.3. The van der Waals surface area contributed by atoms with Gasteiger partial charge in [0.15, 0.2) is 0 Å². The minimum atomic E-state index is -0.449. The van der Waals surface area contributed by atoms with E-state index in [-0.39, 0.29) is 0 Å². The van der Waals surface area contributed by atoms with Crippen LogP contribution in [0.3, 0.4) is 0 Å². The zero-order chi connectivity index (χ0) is 10.4. The minimum Gasteiger partial charge on any atom is -0.387 e. The number of pyridine rings is 1. The summed E-state index contributed by atoms with van der Waals surface area (Å²) in [6.07, 6.45) is 2.36. The van der Waals surface area contributed by atoms with Crippen molar-refractivity contribution in [2.75, 3.05) is 13.1 Å². The normalized spacial score (nSPS) is 12.8. The van der Waals surface area contributed by atoms with Gasteiger partial charge in [0.2, 0.25) is 0 Å². The van der Waals surface area contributed by atoms with Crippen LogP contribution in [0.15, 0.2) is 18.3 Å². The van der Waals surface area contributed by atoms with Crippen LogP contribution in [0.5, 0.6) is 0 Å². The molecule has 1 heterocycles. The van der Waals surface area contributed by atoms with E-state index in [9.17, 15) is 5.11 Å². The van der Waals surface area contributed by atoms with Crippen molar-refractivity contribution >= 4 is 0 Å². The lowest BCUT2D eigenvalue weighted by Gasteiger charge is -2.11. The van der Waals surface area contributed by atoms with Crippen molar-refractivity contribution in [1.29, 1.82) is 0 Å². The fourth-order valence-electron chi connectivity index (χ4n) is 1.21. The Balaban J connectivity index is 2.43. The quantitative estimate of drug-likeness (QED) is 0.697. The molecule has 3 heteroatoms. The predicted octanol–water partition coefficient (Wildman–Crippen LogP) is 1.42. The van der Waals surface area contributed by atoms with Gasteiger partial charge in [-0.15, -0.1) is 0 Å². The Bertz CT molecular complexity index is 258. The summed E-state index contributed by atoms with van der Waals surface area (Å²) in [4.78, 5) is 4.14. The number of hydrogen-bond donors (Lipinski definition) is 2. The van der Waals surface area contributed by atoms with E-state index in [0.717, 1.165) is 24.2 Å². The third kappa shape index (κ3) is 3.44. The number of aryl methyl sites for hydroxylation is 1. The van der Waals surface area contributed by atoms with E-state index in [1.54, 1.807) is 6.20 Å². The third-order valence-electron chi connectivity index (χ3n) is 2.08. The first kappa shape index (κ1) is 11.1. The number of nitrogens with zero attached hydrogens (tertiary/aromatic N) is 1. The number of rotatable bonds is 5. The summed E-state index contributed by atoms with van der Waals surface area (Å²) in [6.45, 7) is 5.58. The molecule has 1 rings (SSSR count). The molecule has 1 aromatic rings. The summed E-state index contributed by atoms with van der Waals surface area (Å²) >= 11 is 0. The van der Waals surface area contributed by atoms with Crippen LogP contribution < -0.4 is 5.32 Å². The second-order valence-electron chi connectivity index (χ2n) is 3.45. The van der Waals surface area contributed by atoms with E-state index in [4.69, 9.17) is 0 Å². The summed E-state index contributed by atoms with van der Waals surface area (Å²) in [7, 11) is 0. The highest BCUT2D eigenvalue weighted by Crippen LogP contribution is 2.10. The maximum atomic E-state index is 9.74. The fourth-order valence-corrected chi connectivity index (χ4v) is 1.21. The first-order valence-electron chi connectivity index (χ1n) is 5.05. The van der Waals surface area contributed by atoms with Gasteiger partial charge in [0.25, 0.3) is 0 Å². The highest BCUT2D eigenvalue weighted by molar-refractivity contribution is 5.15. The van der Waals surface area contributed by atoms with Gasteiger partial charge in [-0.05, 0) is 26.0 Å². The lowest BCUT2D eigenvalue weighted by atomic mass is 10.1. The fraction of sp³-hybridized carbons (Fsp3) is 0.545. The molecule has 0 aliphatic carbocycles. The molecule has 78 valence electrons. The highest BCUT2D eigenvalue weighted by Gasteiger charge is 2.05. The van der Waals surface area contributed by atoms with Crippen LogP contribution in [0.25, 0.3) is 0 Å². The molecule has 1 atom stereocenters. The molecule has 0 amide bonds. The molecule has 0 saturated carbocycles. The average Bonchev–Trinajstić information content (AvgIpc) is 2.19. The van der Waals surface area contributed by atoms with E-state index in [1.807, 2.05) is 19.1 Å². The van der Waals surface area contributed by atoms with Gasteiger partial charge in [-0.3, -0.25) is 4.98 Å². The summed E-state index contributed by atoms with van der Waals surface area (Å²) in [5, 5.41) is 12.9. The zero-order valence-electron chi connectivity index (χ0n) is 8.83. The van der Waals surface area contributed by atoms with E-state index in [1.165, 1.54) is 0 Å². The second-order valence-corrected chi connectivity index (χ2v) is 3.45. The van der Waals surface area contributed by atoms with Crippen LogP contribution in [0.1, 0.15) is 30.7 Å². The topological polar surface area (TPSA) is 45.1 Å². The Hall–Kier alpha value is -0.930. The summed E-state index contributed by atoms with van der Waals surface area (Å²) in [6, 6.07) is 3.83. The van der Waals surface area contributed by atoms with Gasteiger partial charge in [0.1, 0.15) is 0 Å². The van der Waals surface area contributed by atoms with Crippen LogP contribution in [-0.2, 0) is 0 Å². The molecule has 2 N–H and O–H groups in total. The third-order valence-corrected chi connectivity index (χ3v) is 2.08. The monoisotopic (exact) mass is 194 g/mol. The van der Waals surface area contributed by atoms with Crippen molar-refractivity contribution in [1.82, 2.24) is 10.3 Å². The molecule has 1 aromatic heterocycles. The SMILES string of the molecule is CCCNCC(O)c1ccc(C)nc1. The Kier molecular flexibility index (Phi) is 4.56. The van der Waals surface area contributed by atoms with E-state index in [0.29, 0.717) is 6.54 Å². The Morgan fingerprint density at radius 1 is 1.50 bits per heavy atom. The van der Waals surface area contributed by atoms with E-state index < -0.39 is 6.10 Å². The van der Waals surface area contributed by atoms with Crippen molar-refractivity contribution in [3.05, 3.63) is 29.6 Å². The second kappa shape index (κ2) is 5.73. The molecule has 0 saturated heterocycles. The van der Waals surface area contributed by atoms with Crippen LogP contribution >= 0.6 is 0 Å². The first-order valence-corrected chi connectivity index (χ1v) is 5.05. The van der Waals surface area contributed by atoms with Crippen LogP contribution in [-0.4, -0.2) is 23.2 Å². The Morgan fingerprint density at radius 3 is 2.86 bits per heavy atom. The summed E-state index contributed by atoms with van der Waals surface area (Å²) in [5.41, 5.74) is 1.85. The molecule has 3 nitrogen and oxygen atoms in total. The Labute approximate surface area is 85.2 Å². The minimum absolute atomic E-state index is 0.449. The molecule has 0 fully saturated rings. The van der Waals surface area contributed by atoms with Crippen molar-refractivity contribution in [3.8, 4) is 0 Å². The molecule has 0 aromatic carbocycles. The molecular weight excluding hydrogens is 176 g/mol. The summed E-state index contributed by atoms with van der Waals surface area (Å²) in [5.74, 6) is 0. The number of aliphatic hydroxyl groups excluding tert-OH is 1. The van der Waals surface area contributed by atoms with E-state index in [2.05, 4.69) is 17.2 Å². The smallest absolute Gasteiger partial charge is 0.0929 e. The molecule has 0 aliphatic heterocycles. The summed E-state index contributed by atoms with van der Waals surface area (Å²) < 4.78 is 0. The number of hydrogen-bond acceptors (Lipinski definition) is 3. The van der Waals surface area contributed by atoms with Crippen LogP contribution in [0, 0.1) is 6.92 Å². The van der Waals surface area contributed by atoms with Gasteiger partial charge in [0, 0.05) is 24.0 Å². The predicted molar refractivity (Wildman–Crippen MR) is 57.1 cm³/mol. The Morgan fingerprint density at radius 2 is 2.29 bits per heavy atom. The molecule has 0 bridgehead atoms. The first-order chi connectivity index (χ1) is 6.74. The van der Waals surface area contributed by atoms with E-state index >= 15 is 0 Å². The van der Waals surface area contributed by atoms with Gasteiger partial charge in [-0.1, -0.05) is 13.0 Å². The van der Waals surface area contributed by atoms with Crippen LogP contribution in [0.4, 0.5) is 0 Å². The number of aromatic nitrogens is 1. The molecular formula is C11H18N2O. The van der Waals surface area contributed by atoms with Gasteiger partial charge in [-0.25, -0.2) is 0 Å². The maximum Gasteiger partial charge on any atom is 0.0929 e. The lowest BCUT2D eigenvalue weighted by Crippen LogP contribution is -2.22. The zero-order valence-corrected chi connectivity index (χ0v) is 8.83. The van der Waals surface area contributed by atoms with Crippen molar-refractivity contribution in [3.63, 3.8) is 0 Å². The molecule has 14 heavy (non-hydrogen) atoms. The number of aliphatic hydroxyl groups is 1. The van der Waals surface area contributed by atoms with Gasteiger partial charge >= 0.3 is 0 Å². The standard InChI is InChI=1S/C11H18N2O/c1-3-6-12-8-11(14)10-5-4-9(2)13-7-10/h4-5,7,11-12,14H,3,6,8H2,1-2H3. The lowest BCUT2D eigenvalue weighted by molar-refractivity contribution is 0.174. The van der Waals surface area contributed by atoms with Gasteiger partial charge < -0.3 is 10.4 Å². The molecule has 1 unspecified atom stereocenters. The maximum absolute atomic E-state index is 9.74. The molecule has 0 spiro atoms. The largest absolute Gasteiger partial charge is 0.387 e. The van der Waals surface area contributed by atoms with Gasteiger partial charge in [-0.2, -0.15) is 0 Å². The van der Waals surface area contributed by atoms with Crippen LogP contribution in [0.2, 0.25) is 0 Å². The van der Waals surface area contributed by atoms with Crippen molar-refractivity contribution in [2.45, 2.75) is 26.4 Å². The molecule has 0 aliphatic rings. The van der Waals surface area contributed by atoms with Crippen molar-refractivity contribution in [2.24, 2.45) is 0 Å². The average molecular weight is 194 g/mol. The number of nitrogens with one attached hydrogen (secondary N) is 1. The van der Waals surface area contributed by atoms with Gasteiger partial charge in [0.05, 0.1) is 6.10 Å².